The van der Waals surface area contributed by atoms with Crippen LogP contribution in [0, 0.1) is 5.41 Å². The first-order valence-electron chi connectivity index (χ1n) is 9.69. The van der Waals surface area contributed by atoms with Gasteiger partial charge in [-0.3, -0.25) is 9.69 Å². The van der Waals surface area contributed by atoms with Gasteiger partial charge in [-0.2, -0.15) is 0 Å². The second-order valence-corrected chi connectivity index (χ2v) is 8.37. The summed E-state index contributed by atoms with van der Waals surface area (Å²) in [4.78, 5) is 21.5. The highest BCUT2D eigenvalue weighted by Gasteiger charge is 2.43. The van der Waals surface area contributed by atoms with Crippen LogP contribution in [-0.2, 0) is 11.3 Å². The number of aromatic nitrogens is 1. The van der Waals surface area contributed by atoms with Gasteiger partial charge in [0.2, 0.25) is 5.91 Å². The summed E-state index contributed by atoms with van der Waals surface area (Å²) in [7, 11) is 0. The predicted molar refractivity (Wildman–Crippen MR) is 102 cm³/mol. The fourth-order valence-corrected chi connectivity index (χ4v) is 4.65. The quantitative estimate of drug-likeness (QED) is 0.773. The molecule has 2 N–H and O–H groups in total. The maximum Gasteiger partial charge on any atom is 0.239 e. The number of nitrogens with one attached hydrogen (secondary N) is 2. The van der Waals surface area contributed by atoms with Crippen molar-refractivity contribution < 1.29 is 4.79 Å². The molecule has 0 aliphatic carbocycles. The Kier molecular flexibility index (Phi) is 5.45. The summed E-state index contributed by atoms with van der Waals surface area (Å²) in [5.74, 6) is 0.299. The summed E-state index contributed by atoms with van der Waals surface area (Å²) in [6, 6.07) is 3.87. The van der Waals surface area contributed by atoms with Crippen molar-refractivity contribution in [3.63, 3.8) is 0 Å². The van der Waals surface area contributed by atoms with Crippen molar-refractivity contribution in [1.29, 1.82) is 0 Å². The molecule has 1 spiro atoms. The predicted octanol–water partition coefficient (Wildman–Crippen LogP) is 1.11. The van der Waals surface area contributed by atoms with E-state index in [0.717, 1.165) is 58.8 Å². The zero-order chi connectivity index (χ0) is 18.0. The van der Waals surface area contributed by atoms with E-state index in [1.54, 1.807) is 0 Å². The molecular weight excluding hydrogens is 350 g/mol. The first-order valence-corrected chi connectivity index (χ1v) is 10.1. The summed E-state index contributed by atoms with van der Waals surface area (Å²) in [5.41, 5.74) is 1.51. The average Bonchev–Trinajstić information content (AvgIpc) is 3.07. The zero-order valence-corrected chi connectivity index (χ0v) is 16.0. The molecule has 0 saturated carbocycles. The summed E-state index contributed by atoms with van der Waals surface area (Å²) < 4.78 is 0. The average molecular weight is 378 g/mol. The maximum absolute atomic E-state index is 12.9. The lowest BCUT2D eigenvalue weighted by atomic mass is 9.77. The van der Waals surface area contributed by atoms with Gasteiger partial charge in [0, 0.05) is 45.5 Å². The molecule has 3 saturated heterocycles. The Morgan fingerprint density at radius 1 is 1.23 bits per heavy atom. The smallest absolute Gasteiger partial charge is 0.239 e. The summed E-state index contributed by atoms with van der Waals surface area (Å²) >= 11 is 5.85. The van der Waals surface area contributed by atoms with E-state index in [1.165, 1.54) is 18.4 Å². The fraction of sp³-hybridized carbons (Fsp3) is 0.684. The summed E-state index contributed by atoms with van der Waals surface area (Å²) in [5, 5.41) is 7.48. The van der Waals surface area contributed by atoms with Crippen molar-refractivity contribution in [2.75, 3.05) is 45.8 Å². The minimum atomic E-state index is 0.0140. The van der Waals surface area contributed by atoms with E-state index < -0.39 is 0 Å². The van der Waals surface area contributed by atoms with Crippen LogP contribution >= 0.6 is 11.6 Å². The molecule has 1 aromatic rings. The Labute approximate surface area is 160 Å². The minimum Gasteiger partial charge on any atom is -0.339 e. The monoisotopic (exact) mass is 377 g/mol. The highest BCUT2D eigenvalue weighted by Crippen LogP contribution is 2.37. The number of rotatable bonds is 3. The maximum atomic E-state index is 12.9. The Morgan fingerprint density at radius 2 is 2.00 bits per heavy atom. The molecule has 1 atom stereocenters. The summed E-state index contributed by atoms with van der Waals surface area (Å²) in [6.45, 7) is 7.48. The van der Waals surface area contributed by atoms with Gasteiger partial charge in [0.05, 0.1) is 6.04 Å². The van der Waals surface area contributed by atoms with Gasteiger partial charge in [-0.1, -0.05) is 17.7 Å². The van der Waals surface area contributed by atoms with Gasteiger partial charge in [-0.05, 0) is 49.4 Å². The van der Waals surface area contributed by atoms with E-state index in [1.807, 2.05) is 23.2 Å². The number of carbonyl (C=O) groups excluding carboxylic acids is 1. The van der Waals surface area contributed by atoms with E-state index in [2.05, 4.69) is 20.5 Å². The van der Waals surface area contributed by atoms with E-state index in [9.17, 15) is 4.79 Å². The number of piperidine rings is 1. The molecule has 3 aliphatic heterocycles. The number of halogens is 1. The number of carbonyl (C=O) groups is 1. The van der Waals surface area contributed by atoms with Crippen molar-refractivity contribution in [1.82, 2.24) is 25.4 Å². The first-order chi connectivity index (χ1) is 12.6. The largest absolute Gasteiger partial charge is 0.339 e. The van der Waals surface area contributed by atoms with Gasteiger partial charge in [0.15, 0.2) is 0 Å². The molecule has 3 aliphatic rings. The minimum absolute atomic E-state index is 0.0140. The molecule has 26 heavy (non-hydrogen) atoms. The van der Waals surface area contributed by atoms with Crippen molar-refractivity contribution in [3.05, 3.63) is 29.0 Å². The van der Waals surface area contributed by atoms with E-state index >= 15 is 0 Å². The lowest BCUT2D eigenvalue weighted by molar-refractivity contribution is -0.135. The number of hydrogen-bond donors (Lipinski definition) is 2. The van der Waals surface area contributed by atoms with Crippen molar-refractivity contribution >= 4 is 17.5 Å². The van der Waals surface area contributed by atoms with Crippen LogP contribution in [0.1, 0.15) is 24.8 Å². The van der Waals surface area contributed by atoms with E-state index in [4.69, 9.17) is 11.6 Å². The van der Waals surface area contributed by atoms with Crippen molar-refractivity contribution in [2.24, 2.45) is 5.41 Å². The van der Waals surface area contributed by atoms with Crippen molar-refractivity contribution in [3.8, 4) is 0 Å². The molecule has 0 bridgehead atoms. The number of pyridine rings is 1. The standard InChI is InChI=1S/C19H28ClN5O/c20-17-2-1-15(12-22-17)13-24-7-9-25(10-8-24)18(26)16-11-19(14-23-16)3-5-21-6-4-19/h1-2,12,16,21,23H,3-11,13-14H2/t16-/m0/s1. The van der Waals surface area contributed by atoms with Gasteiger partial charge in [-0.15, -0.1) is 0 Å². The molecule has 4 heterocycles. The SMILES string of the molecule is O=C([C@@H]1CC2(CCNCC2)CN1)N1CCN(Cc2ccc(Cl)nc2)CC1. The highest BCUT2D eigenvalue weighted by molar-refractivity contribution is 6.29. The second kappa shape index (κ2) is 7.80. The Morgan fingerprint density at radius 3 is 2.69 bits per heavy atom. The van der Waals surface area contributed by atoms with Crippen LogP contribution in [0.2, 0.25) is 5.15 Å². The van der Waals surface area contributed by atoms with Gasteiger partial charge >= 0.3 is 0 Å². The molecule has 0 radical (unpaired) electrons. The van der Waals surface area contributed by atoms with E-state index in [0.29, 0.717) is 16.5 Å². The molecule has 4 rings (SSSR count). The molecule has 0 unspecified atom stereocenters. The highest BCUT2D eigenvalue weighted by atomic mass is 35.5. The van der Waals surface area contributed by atoms with Gasteiger partial charge in [-0.25, -0.2) is 4.98 Å². The molecule has 0 aromatic carbocycles. The van der Waals surface area contributed by atoms with Crippen LogP contribution in [0.4, 0.5) is 0 Å². The Bertz CT molecular complexity index is 623. The first kappa shape index (κ1) is 18.2. The molecule has 6 nitrogen and oxygen atoms in total. The lowest BCUT2D eigenvalue weighted by Crippen LogP contribution is -2.52. The van der Waals surface area contributed by atoms with Crippen LogP contribution in [0.25, 0.3) is 0 Å². The van der Waals surface area contributed by atoms with Crippen LogP contribution in [0.5, 0.6) is 0 Å². The third-order valence-electron chi connectivity index (χ3n) is 6.20. The van der Waals surface area contributed by atoms with Crippen molar-refractivity contribution in [2.45, 2.75) is 31.8 Å². The molecule has 3 fully saturated rings. The molecule has 1 aromatic heterocycles. The van der Waals surface area contributed by atoms with Gasteiger partial charge in [0.25, 0.3) is 0 Å². The van der Waals surface area contributed by atoms with Crippen LogP contribution in [-0.4, -0.2) is 72.5 Å². The zero-order valence-electron chi connectivity index (χ0n) is 15.2. The number of piperazine rings is 1. The third-order valence-corrected chi connectivity index (χ3v) is 6.43. The lowest BCUT2D eigenvalue weighted by Gasteiger charge is -2.36. The van der Waals surface area contributed by atoms with Gasteiger partial charge in [0.1, 0.15) is 5.15 Å². The molecule has 142 valence electrons. The molecule has 1 amide bonds. The topological polar surface area (TPSA) is 60.5 Å². The third kappa shape index (κ3) is 4.03. The Hall–Kier alpha value is -1.21. The number of nitrogens with zero attached hydrogens (tertiary/aromatic N) is 3. The van der Waals surface area contributed by atoms with Crippen LogP contribution in [0.3, 0.4) is 0 Å². The van der Waals surface area contributed by atoms with Crippen LogP contribution < -0.4 is 10.6 Å². The van der Waals surface area contributed by atoms with E-state index in [-0.39, 0.29) is 6.04 Å². The normalized spacial score (nSPS) is 26.3. The number of amides is 1. The molecular formula is C19H28ClN5O. The van der Waals surface area contributed by atoms with Gasteiger partial charge < -0.3 is 15.5 Å². The Balaban J connectivity index is 1.26. The molecule has 7 heteroatoms. The second-order valence-electron chi connectivity index (χ2n) is 7.98. The fourth-order valence-electron chi connectivity index (χ4n) is 4.53. The summed E-state index contributed by atoms with van der Waals surface area (Å²) in [6.07, 6.45) is 5.21. The van der Waals surface area contributed by atoms with Crippen LogP contribution in [0.15, 0.2) is 18.3 Å². The number of hydrogen-bond acceptors (Lipinski definition) is 5.